The normalized spacial score (nSPS) is 16.4. The fourth-order valence-corrected chi connectivity index (χ4v) is 2.91. The molecule has 4 heteroatoms. The van der Waals surface area contributed by atoms with Gasteiger partial charge in [-0.2, -0.15) is 11.8 Å². The summed E-state index contributed by atoms with van der Waals surface area (Å²) >= 11 is 1.92. The van der Waals surface area contributed by atoms with E-state index in [4.69, 9.17) is 4.74 Å². The number of ether oxygens (including phenoxy) is 1. The monoisotopic (exact) mass is 275 g/mol. The number of carbonyl (C=O) groups excluding carboxylic acids is 1. The Morgan fingerprint density at radius 3 is 2.39 bits per heavy atom. The van der Waals surface area contributed by atoms with E-state index in [9.17, 15) is 4.79 Å². The van der Waals surface area contributed by atoms with Crippen molar-refractivity contribution in [1.82, 2.24) is 5.32 Å². The van der Waals surface area contributed by atoms with Crippen molar-refractivity contribution in [3.05, 3.63) is 0 Å². The number of carbonyl (C=O) groups is 1. The lowest BCUT2D eigenvalue weighted by molar-refractivity contribution is -0.150. The molecule has 3 nitrogen and oxygen atoms in total. The molecular weight excluding hydrogens is 246 g/mol. The molecule has 0 aliphatic heterocycles. The van der Waals surface area contributed by atoms with E-state index in [1.807, 2.05) is 25.6 Å². The van der Waals surface area contributed by atoms with Gasteiger partial charge in [-0.3, -0.25) is 10.1 Å². The highest BCUT2D eigenvalue weighted by Crippen LogP contribution is 2.21. The zero-order chi connectivity index (χ0) is 14.2. The van der Waals surface area contributed by atoms with Gasteiger partial charge in [0.1, 0.15) is 5.54 Å². The van der Waals surface area contributed by atoms with E-state index in [0.717, 1.165) is 12.2 Å². The van der Waals surface area contributed by atoms with Crippen molar-refractivity contribution in [3.8, 4) is 0 Å². The Balaban J connectivity index is 4.42. The van der Waals surface area contributed by atoms with Crippen LogP contribution in [0.5, 0.6) is 0 Å². The second-order valence-electron chi connectivity index (χ2n) is 5.19. The summed E-state index contributed by atoms with van der Waals surface area (Å²) in [5.41, 5.74) is -0.565. The SMILES string of the molecule is CCOC(=O)C(C)(CCSC(C)CC)NC(C)C. The van der Waals surface area contributed by atoms with Gasteiger partial charge in [-0.1, -0.05) is 13.8 Å². The molecule has 0 fully saturated rings. The topological polar surface area (TPSA) is 38.3 Å². The Labute approximate surface area is 116 Å². The molecule has 0 aromatic rings. The molecule has 0 saturated carbocycles. The second kappa shape index (κ2) is 8.81. The van der Waals surface area contributed by atoms with Crippen molar-refractivity contribution >= 4 is 17.7 Å². The van der Waals surface area contributed by atoms with Gasteiger partial charge in [-0.15, -0.1) is 0 Å². The second-order valence-corrected chi connectivity index (χ2v) is 6.74. The lowest BCUT2D eigenvalue weighted by atomic mass is 9.98. The Kier molecular flexibility index (Phi) is 8.70. The van der Waals surface area contributed by atoms with Crippen LogP contribution >= 0.6 is 11.8 Å². The molecule has 0 aliphatic carbocycles. The standard InChI is InChI=1S/C14H29NO2S/c1-7-12(5)18-10-9-14(6,15-11(3)4)13(16)17-8-2/h11-12,15H,7-10H2,1-6H3. The summed E-state index contributed by atoms with van der Waals surface area (Å²) in [6.45, 7) is 12.8. The maximum Gasteiger partial charge on any atom is 0.326 e. The maximum atomic E-state index is 12.1. The highest BCUT2D eigenvalue weighted by atomic mass is 32.2. The average Bonchev–Trinajstić information content (AvgIpc) is 2.28. The van der Waals surface area contributed by atoms with Crippen LogP contribution in [-0.4, -0.2) is 35.2 Å². The number of rotatable bonds is 9. The molecule has 0 radical (unpaired) electrons. The van der Waals surface area contributed by atoms with Crippen LogP contribution in [0.1, 0.15) is 54.4 Å². The first-order valence-corrected chi connectivity index (χ1v) is 7.97. The van der Waals surface area contributed by atoms with Crippen molar-refractivity contribution < 1.29 is 9.53 Å². The van der Waals surface area contributed by atoms with Crippen molar-refractivity contribution in [2.45, 2.75) is 71.2 Å². The lowest BCUT2D eigenvalue weighted by Crippen LogP contribution is -2.53. The van der Waals surface area contributed by atoms with Gasteiger partial charge in [-0.25, -0.2) is 0 Å². The summed E-state index contributed by atoms with van der Waals surface area (Å²) in [4.78, 5) is 12.1. The highest BCUT2D eigenvalue weighted by molar-refractivity contribution is 7.99. The number of hydrogen-bond donors (Lipinski definition) is 1. The van der Waals surface area contributed by atoms with Gasteiger partial charge in [0.2, 0.25) is 0 Å². The molecule has 0 spiro atoms. The highest BCUT2D eigenvalue weighted by Gasteiger charge is 2.34. The third-order valence-electron chi connectivity index (χ3n) is 2.91. The summed E-state index contributed by atoms with van der Waals surface area (Å²) in [5, 5.41) is 3.99. The molecule has 0 rings (SSSR count). The minimum atomic E-state index is -0.565. The third-order valence-corrected chi connectivity index (χ3v) is 4.25. The quantitative estimate of drug-likeness (QED) is 0.656. The smallest absolute Gasteiger partial charge is 0.326 e. The zero-order valence-corrected chi connectivity index (χ0v) is 13.5. The number of nitrogens with one attached hydrogen (secondary N) is 1. The molecule has 0 amide bonds. The van der Waals surface area contributed by atoms with Gasteiger partial charge in [-0.05, 0) is 46.3 Å². The summed E-state index contributed by atoms with van der Waals surface area (Å²) in [6.07, 6.45) is 1.97. The predicted octanol–water partition coefficient (Wildman–Crippen LogP) is 3.23. The van der Waals surface area contributed by atoms with Crippen LogP contribution in [0.2, 0.25) is 0 Å². The molecule has 0 aromatic heterocycles. The summed E-state index contributed by atoms with van der Waals surface area (Å²) < 4.78 is 5.18. The van der Waals surface area contributed by atoms with Crippen LogP contribution in [0.4, 0.5) is 0 Å². The van der Waals surface area contributed by atoms with Crippen molar-refractivity contribution in [1.29, 1.82) is 0 Å². The summed E-state index contributed by atoms with van der Waals surface area (Å²) in [6, 6.07) is 0.271. The molecule has 2 unspecified atom stereocenters. The van der Waals surface area contributed by atoms with E-state index < -0.39 is 5.54 Å². The molecule has 0 saturated heterocycles. The Bertz CT molecular complexity index is 246. The minimum absolute atomic E-state index is 0.136. The van der Waals surface area contributed by atoms with Crippen LogP contribution in [-0.2, 0) is 9.53 Å². The molecule has 0 bridgehead atoms. The van der Waals surface area contributed by atoms with Crippen LogP contribution in [0.3, 0.4) is 0 Å². The largest absolute Gasteiger partial charge is 0.465 e. The van der Waals surface area contributed by atoms with Crippen LogP contribution < -0.4 is 5.32 Å². The first-order valence-electron chi connectivity index (χ1n) is 6.92. The van der Waals surface area contributed by atoms with E-state index in [1.54, 1.807) is 0 Å². The predicted molar refractivity (Wildman–Crippen MR) is 80.1 cm³/mol. The lowest BCUT2D eigenvalue weighted by Gasteiger charge is -2.30. The minimum Gasteiger partial charge on any atom is -0.465 e. The van der Waals surface area contributed by atoms with Gasteiger partial charge in [0.15, 0.2) is 0 Å². The van der Waals surface area contributed by atoms with Crippen LogP contribution in [0.15, 0.2) is 0 Å². The molecular formula is C14H29NO2S. The Morgan fingerprint density at radius 2 is 1.94 bits per heavy atom. The molecule has 0 aromatic carbocycles. The van der Waals surface area contributed by atoms with E-state index in [2.05, 4.69) is 33.0 Å². The molecule has 18 heavy (non-hydrogen) atoms. The third kappa shape index (κ3) is 6.64. The van der Waals surface area contributed by atoms with E-state index in [0.29, 0.717) is 11.9 Å². The molecule has 108 valence electrons. The molecule has 0 aliphatic rings. The van der Waals surface area contributed by atoms with E-state index in [1.165, 1.54) is 6.42 Å². The Morgan fingerprint density at radius 1 is 1.33 bits per heavy atom. The zero-order valence-electron chi connectivity index (χ0n) is 12.7. The molecule has 0 heterocycles. The number of hydrogen-bond acceptors (Lipinski definition) is 4. The van der Waals surface area contributed by atoms with Gasteiger partial charge in [0.05, 0.1) is 6.61 Å². The van der Waals surface area contributed by atoms with Crippen molar-refractivity contribution in [3.63, 3.8) is 0 Å². The fourth-order valence-electron chi connectivity index (χ4n) is 1.74. The van der Waals surface area contributed by atoms with Gasteiger partial charge in [0.25, 0.3) is 0 Å². The van der Waals surface area contributed by atoms with E-state index >= 15 is 0 Å². The number of thioether (sulfide) groups is 1. The summed E-state index contributed by atoms with van der Waals surface area (Å²) in [7, 11) is 0. The fraction of sp³-hybridized carbons (Fsp3) is 0.929. The van der Waals surface area contributed by atoms with Gasteiger partial charge >= 0.3 is 5.97 Å². The van der Waals surface area contributed by atoms with Crippen molar-refractivity contribution in [2.75, 3.05) is 12.4 Å². The van der Waals surface area contributed by atoms with Gasteiger partial charge < -0.3 is 4.74 Å². The van der Waals surface area contributed by atoms with Crippen LogP contribution in [0, 0.1) is 0 Å². The molecule has 1 N–H and O–H groups in total. The van der Waals surface area contributed by atoms with Crippen molar-refractivity contribution in [2.24, 2.45) is 0 Å². The maximum absolute atomic E-state index is 12.1. The van der Waals surface area contributed by atoms with Crippen LogP contribution in [0.25, 0.3) is 0 Å². The molecule has 2 atom stereocenters. The average molecular weight is 275 g/mol. The first kappa shape index (κ1) is 17.8. The van der Waals surface area contributed by atoms with Gasteiger partial charge in [0, 0.05) is 11.3 Å². The van der Waals surface area contributed by atoms with E-state index in [-0.39, 0.29) is 12.0 Å². The first-order chi connectivity index (χ1) is 8.35. The Hall–Kier alpha value is -0.220. The number of esters is 1. The summed E-state index contributed by atoms with van der Waals surface area (Å²) in [5.74, 6) is 0.841.